The van der Waals surface area contributed by atoms with Crippen LogP contribution >= 0.6 is 11.6 Å². The van der Waals surface area contributed by atoms with Crippen LogP contribution < -0.4 is 16.4 Å². The molecule has 4 N–H and O–H groups in total. The van der Waals surface area contributed by atoms with E-state index in [1.807, 2.05) is 4.57 Å². The van der Waals surface area contributed by atoms with Crippen LogP contribution in [0.4, 0.5) is 26.4 Å². The van der Waals surface area contributed by atoms with Crippen molar-refractivity contribution < 1.29 is 18.3 Å². The third kappa shape index (κ3) is 5.01. The molecule has 3 aromatic rings. The molecule has 9 nitrogen and oxygen atoms in total. The normalized spacial score (nSPS) is 21.2. The Morgan fingerprint density at radius 3 is 2.51 bits per heavy atom. The first-order valence-electron chi connectivity index (χ1n) is 11.7. The highest BCUT2D eigenvalue weighted by Gasteiger charge is 2.29. The van der Waals surface area contributed by atoms with Crippen molar-refractivity contribution in [1.29, 1.82) is 0 Å². The van der Waals surface area contributed by atoms with Gasteiger partial charge >= 0.3 is 0 Å². The van der Waals surface area contributed by atoms with Gasteiger partial charge in [-0.2, -0.15) is 4.98 Å². The monoisotopic (exact) mass is 505 g/mol. The molecule has 35 heavy (non-hydrogen) atoms. The van der Waals surface area contributed by atoms with Gasteiger partial charge in [0.1, 0.15) is 5.52 Å². The van der Waals surface area contributed by atoms with Gasteiger partial charge in [-0.3, -0.25) is 9.36 Å². The van der Waals surface area contributed by atoms with Gasteiger partial charge in [0.25, 0.3) is 0 Å². The molecule has 186 valence electrons. The number of carbonyl (C=O) groups is 1. The second-order valence-corrected chi connectivity index (χ2v) is 9.43. The summed E-state index contributed by atoms with van der Waals surface area (Å²) in [7, 11) is 0. The maximum atomic E-state index is 13.9. The number of rotatable bonds is 6. The number of nitrogens with one attached hydrogen (secondary N) is 2. The number of fused-ring (bicyclic) bond motifs is 1. The lowest BCUT2D eigenvalue weighted by Crippen LogP contribution is -2.29. The maximum absolute atomic E-state index is 13.9. The number of anilines is 3. The van der Waals surface area contributed by atoms with Gasteiger partial charge < -0.3 is 21.1 Å². The Labute approximate surface area is 205 Å². The molecule has 1 aliphatic heterocycles. The second kappa shape index (κ2) is 9.90. The van der Waals surface area contributed by atoms with Gasteiger partial charge in [0.15, 0.2) is 17.3 Å². The molecule has 12 heteroatoms. The molecule has 1 amide bonds. The lowest BCUT2D eigenvalue weighted by atomic mass is 9.85. The minimum atomic E-state index is -1.03. The second-order valence-electron chi connectivity index (χ2n) is 9.02. The average Bonchev–Trinajstić information content (AvgIpc) is 3.20. The Morgan fingerprint density at radius 2 is 1.80 bits per heavy atom. The van der Waals surface area contributed by atoms with Crippen molar-refractivity contribution in [2.75, 3.05) is 23.8 Å². The molecule has 2 aliphatic rings. The number of amides is 1. The number of aromatic nitrogens is 4. The molecule has 2 fully saturated rings. The maximum Gasteiger partial charge on any atom is 0.224 e. The molecule has 1 saturated carbocycles. The molecule has 1 aromatic carbocycles. The highest BCUT2D eigenvalue weighted by atomic mass is 35.5. The zero-order chi connectivity index (χ0) is 24.5. The Hall–Kier alpha value is -3.05. The molecule has 2 aromatic heterocycles. The van der Waals surface area contributed by atoms with Crippen LogP contribution in [-0.4, -0.2) is 44.7 Å². The summed E-state index contributed by atoms with van der Waals surface area (Å²) in [6.07, 6.45) is 6.01. The summed E-state index contributed by atoms with van der Waals surface area (Å²) in [4.78, 5) is 25.5. The minimum absolute atomic E-state index is 0.0212. The fourth-order valence-electron chi connectivity index (χ4n) is 4.78. The predicted octanol–water partition coefficient (Wildman–Crippen LogP) is 4.31. The number of primary amides is 1. The van der Waals surface area contributed by atoms with Crippen LogP contribution in [-0.2, 0) is 9.53 Å². The molecular formula is C23H26ClF2N7O2. The fraction of sp³-hybridized carbons (Fsp3) is 0.478. The van der Waals surface area contributed by atoms with Gasteiger partial charge in [-0.15, -0.1) is 0 Å². The number of halogens is 3. The van der Waals surface area contributed by atoms with Crippen LogP contribution in [0.15, 0.2) is 18.3 Å². The largest absolute Gasteiger partial charge is 0.381 e. The van der Waals surface area contributed by atoms with Crippen LogP contribution in [0.2, 0.25) is 5.02 Å². The van der Waals surface area contributed by atoms with Crippen LogP contribution in [0.3, 0.4) is 0 Å². The van der Waals surface area contributed by atoms with E-state index in [4.69, 9.17) is 27.1 Å². The zero-order valence-electron chi connectivity index (χ0n) is 18.9. The van der Waals surface area contributed by atoms with Crippen molar-refractivity contribution in [2.45, 2.75) is 50.6 Å². The first kappa shape index (κ1) is 23.7. The van der Waals surface area contributed by atoms with Crippen molar-refractivity contribution in [3.63, 3.8) is 0 Å². The van der Waals surface area contributed by atoms with Crippen molar-refractivity contribution in [1.82, 2.24) is 19.5 Å². The molecule has 5 rings (SSSR count). The van der Waals surface area contributed by atoms with Gasteiger partial charge in [-0.1, -0.05) is 11.6 Å². The van der Waals surface area contributed by atoms with Gasteiger partial charge in [-0.25, -0.2) is 18.7 Å². The average molecular weight is 506 g/mol. The third-order valence-corrected chi connectivity index (χ3v) is 7.02. The van der Waals surface area contributed by atoms with Crippen molar-refractivity contribution in [3.8, 4) is 0 Å². The summed E-state index contributed by atoms with van der Waals surface area (Å²) in [6, 6.07) is 2.09. The quantitative estimate of drug-likeness (QED) is 0.427. The smallest absolute Gasteiger partial charge is 0.224 e. The Bertz CT molecular complexity index is 1240. The van der Waals surface area contributed by atoms with Crippen molar-refractivity contribution in [3.05, 3.63) is 35.0 Å². The topological polar surface area (TPSA) is 120 Å². The van der Waals surface area contributed by atoms with Gasteiger partial charge in [0.05, 0.1) is 16.9 Å². The molecule has 0 unspecified atom stereocenters. The number of nitrogens with zero attached hydrogens (tertiary/aromatic N) is 4. The van der Waals surface area contributed by atoms with E-state index in [2.05, 4.69) is 20.6 Å². The van der Waals surface area contributed by atoms with Gasteiger partial charge in [0.2, 0.25) is 17.8 Å². The molecule has 1 aliphatic carbocycles. The standard InChI is InChI=1S/C23H26ClF2N7O2/c24-15-9-16(25)17(26)10-18(15)30-23-31-19-11-28-22(29-13-5-7-35-8-6-13)32-21(19)33(23)14-3-1-12(2-4-14)20(27)34/h9-14H,1-8H2,(H2,27,34)(H,30,31)(H,28,29,32)/t12-,14+. The summed E-state index contributed by atoms with van der Waals surface area (Å²) in [5.74, 6) is -1.66. The number of benzene rings is 1. The van der Waals surface area contributed by atoms with Crippen LogP contribution in [0.5, 0.6) is 0 Å². The number of carbonyl (C=O) groups excluding carboxylic acids is 1. The van der Waals surface area contributed by atoms with E-state index in [0.29, 0.717) is 62.0 Å². The zero-order valence-corrected chi connectivity index (χ0v) is 19.7. The van der Waals surface area contributed by atoms with E-state index < -0.39 is 11.6 Å². The number of imidazole rings is 1. The number of hydrogen-bond acceptors (Lipinski definition) is 7. The molecule has 0 atom stereocenters. The first-order valence-corrected chi connectivity index (χ1v) is 12.1. The van der Waals surface area contributed by atoms with Crippen LogP contribution in [0, 0.1) is 17.6 Å². The van der Waals surface area contributed by atoms with E-state index in [-0.39, 0.29) is 34.6 Å². The Morgan fingerprint density at radius 1 is 1.09 bits per heavy atom. The van der Waals surface area contributed by atoms with Gasteiger partial charge in [0, 0.05) is 37.3 Å². The fourth-order valence-corrected chi connectivity index (χ4v) is 4.97. The molecule has 0 radical (unpaired) electrons. The van der Waals surface area contributed by atoms with E-state index >= 15 is 0 Å². The highest BCUT2D eigenvalue weighted by Crippen LogP contribution is 2.38. The van der Waals surface area contributed by atoms with E-state index in [1.54, 1.807) is 6.20 Å². The summed E-state index contributed by atoms with van der Waals surface area (Å²) in [5, 5.41) is 6.44. The number of ether oxygens (including phenoxy) is 1. The van der Waals surface area contributed by atoms with E-state index in [0.717, 1.165) is 25.0 Å². The van der Waals surface area contributed by atoms with Crippen molar-refractivity contribution in [2.24, 2.45) is 11.7 Å². The predicted molar refractivity (Wildman–Crippen MR) is 128 cm³/mol. The van der Waals surface area contributed by atoms with Crippen LogP contribution in [0.25, 0.3) is 11.2 Å². The summed E-state index contributed by atoms with van der Waals surface area (Å²) >= 11 is 6.17. The lowest BCUT2D eigenvalue weighted by molar-refractivity contribution is -0.122. The lowest BCUT2D eigenvalue weighted by Gasteiger charge is -2.29. The molecule has 0 spiro atoms. The summed E-state index contributed by atoms with van der Waals surface area (Å²) in [5.41, 5.74) is 6.84. The number of nitrogens with two attached hydrogens (primary N) is 1. The molecule has 3 heterocycles. The summed E-state index contributed by atoms with van der Waals surface area (Å²) < 4.78 is 34.9. The van der Waals surface area contributed by atoms with Crippen molar-refractivity contribution >= 4 is 46.3 Å². The van der Waals surface area contributed by atoms with Crippen LogP contribution in [0.1, 0.15) is 44.6 Å². The summed E-state index contributed by atoms with van der Waals surface area (Å²) in [6.45, 7) is 1.37. The molecular weight excluding hydrogens is 480 g/mol. The van der Waals surface area contributed by atoms with Gasteiger partial charge in [-0.05, 0) is 44.6 Å². The first-order chi connectivity index (χ1) is 16.9. The Kier molecular flexibility index (Phi) is 6.70. The minimum Gasteiger partial charge on any atom is -0.381 e. The Balaban J connectivity index is 1.51. The number of hydrogen-bond donors (Lipinski definition) is 3. The van der Waals surface area contributed by atoms with E-state index in [1.165, 1.54) is 0 Å². The molecule has 0 bridgehead atoms. The third-order valence-electron chi connectivity index (χ3n) is 6.71. The highest BCUT2D eigenvalue weighted by molar-refractivity contribution is 6.33. The molecule has 1 saturated heterocycles. The van der Waals surface area contributed by atoms with E-state index in [9.17, 15) is 13.6 Å². The SMILES string of the molecule is NC(=O)[C@H]1CC[C@@H](n2c(Nc3cc(F)c(F)cc3Cl)nc3cnc(NC4CCOCC4)nc32)CC1.